The number of fused-ring (bicyclic) bond motifs is 1. The van der Waals surface area contributed by atoms with Crippen LogP contribution in [0.3, 0.4) is 0 Å². The van der Waals surface area contributed by atoms with Crippen LogP contribution in [0.2, 0.25) is 5.02 Å². The van der Waals surface area contributed by atoms with E-state index in [4.69, 9.17) is 21.1 Å². The first kappa shape index (κ1) is 15.3. The molecule has 20 heavy (non-hydrogen) atoms. The average molecular weight is 316 g/mol. The van der Waals surface area contributed by atoms with Crippen molar-refractivity contribution < 1.29 is 14.3 Å². The van der Waals surface area contributed by atoms with Crippen LogP contribution in [-0.2, 0) is 10.5 Å². The minimum absolute atomic E-state index is 0.0790. The number of nitrogens with one attached hydrogen (secondary N) is 1. The summed E-state index contributed by atoms with van der Waals surface area (Å²) in [4.78, 5) is 11.6. The first-order valence-corrected chi connectivity index (χ1v) is 8.16. The SMILES string of the molecule is CCCCNC(=O)CSCc1cc(Cl)c2c(c1)OCO2. The van der Waals surface area contributed by atoms with Gasteiger partial charge in [-0.15, -0.1) is 11.8 Å². The summed E-state index contributed by atoms with van der Waals surface area (Å²) in [6, 6.07) is 3.77. The number of rotatable bonds is 7. The number of amides is 1. The van der Waals surface area contributed by atoms with Crippen molar-refractivity contribution in [2.45, 2.75) is 25.5 Å². The summed E-state index contributed by atoms with van der Waals surface area (Å²) in [7, 11) is 0. The van der Waals surface area contributed by atoms with E-state index < -0.39 is 0 Å². The van der Waals surface area contributed by atoms with Gasteiger partial charge in [0.15, 0.2) is 11.5 Å². The van der Waals surface area contributed by atoms with Crippen molar-refractivity contribution in [1.82, 2.24) is 5.32 Å². The molecule has 0 bridgehead atoms. The molecule has 0 saturated heterocycles. The molecule has 0 saturated carbocycles. The lowest BCUT2D eigenvalue weighted by atomic mass is 10.2. The molecule has 0 radical (unpaired) electrons. The summed E-state index contributed by atoms with van der Waals surface area (Å²) in [6.45, 7) is 3.07. The van der Waals surface area contributed by atoms with E-state index in [1.165, 1.54) is 0 Å². The van der Waals surface area contributed by atoms with E-state index in [-0.39, 0.29) is 12.7 Å². The Hall–Kier alpha value is -1.07. The number of ether oxygens (including phenoxy) is 2. The molecule has 1 aliphatic heterocycles. The second-order valence-electron chi connectivity index (χ2n) is 4.51. The van der Waals surface area contributed by atoms with Gasteiger partial charge in [-0.3, -0.25) is 4.79 Å². The van der Waals surface area contributed by atoms with E-state index in [0.29, 0.717) is 22.3 Å². The summed E-state index contributed by atoms with van der Waals surface area (Å²) in [6.07, 6.45) is 2.11. The largest absolute Gasteiger partial charge is 0.454 e. The van der Waals surface area contributed by atoms with E-state index in [1.807, 2.05) is 12.1 Å². The molecule has 1 N–H and O–H groups in total. The number of carbonyl (C=O) groups is 1. The minimum Gasteiger partial charge on any atom is -0.454 e. The molecule has 1 aliphatic rings. The van der Waals surface area contributed by atoms with Crippen LogP contribution in [0.15, 0.2) is 12.1 Å². The van der Waals surface area contributed by atoms with Crippen molar-refractivity contribution in [2.75, 3.05) is 19.1 Å². The number of thioether (sulfide) groups is 1. The quantitative estimate of drug-likeness (QED) is 0.785. The van der Waals surface area contributed by atoms with Crippen LogP contribution < -0.4 is 14.8 Å². The van der Waals surface area contributed by atoms with E-state index >= 15 is 0 Å². The minimum atomic E-state index is 0.0790. The lowest BCUT2D eigenvalue weighted by Crippen LogP contribution is -2.26. The molecule has 0 aromatic heterocycles. The van der Waals surface area contributed by atoms with Crippen molar-refractivity contribution in [3.8, 4) is 11.5 Å². The first-order chi connectivity index (χ1) is 9.70. The molecule has 0 spiro atoms. The van der Waals surface area contributed by atoms with Gasteiger partial charge in [0.25, 0.3) is 0 Å². The maximum atomic E-state index is 11.6. The van der Waals surface area contributed by atoms with Crippen LogP contribution in [-0.4, -0.2) is 25.0 Å². The molecular weight excluding hydrogens is 298 g/mol. The Kier molecular flexibility index (Phi) is 5.86. The monoisotopic (exact) mass is 315 g/mol. The van der Waals surface area contributed by atoms with Gasteiger partial charge in [-0.2, -0.15) is 0 Å². The summed E-state index contributed by atoms with van der Waals surface area (Å²) in [5.74, 6) is 2.54. The van der Waals surface area contributed by atoms with Gasteiger partial charge in [0.05, 0.1) is 10.8 Å². The molecule has 110 valence electrons. The van der Waals surface area contributed by atoms with Crippen molar-refractivity contribution in [3.05, 3.63) is 22.7 Å². The van der Waals surface area contributed by atoms with E-state index in [9.17, 15) is 4.79 Å². The van der Waals surface area contributed by atoms with Gasteiger partial charge < -0.3 is 14.8 Å². The van der Waals surface area contributed by atoms with Crippen molar-refractivity contribution in [3.63, 3.8) is 0 Å². The van der Waals surface area contributed by atoms with Crippen LogP contribution in [0.4, 0.5) is 0 Å². The summed E-state index contributed by atoms with van der Waals surface area (Å²) >= 11 is 7.67. The summed E-state index contributed by atoms with van der Waals surface area (Å²) in [5.41, 5.74) is 1.03. The van der Waals surface area contributed by atoms with Crippen LogP contribution in [0.1, 0.15) is 25.3 Å². The Balaban J connectivity index is 1.77. The molecule has 0 unspecified atom stereocenters. The maximum absolute atomic E-state index is 11.6. The number of benzene rings is 1. The van der Waals surface area contributed by atoms with Crippen LogP contribution in [0.25, 0.3) is 0 Å². The van der Waals surface area contributed by atoms with Crippen molar-refractivity contribution in [2.24, 2.45) is 0 Å². The fraction of sp³-hybridized carbons (Fsp3) is 0.500. The number of carbonyl (C=O) groups excluding carboxylic acids is 1. The lowest BCUT2D eigenvalue weighted by Gasteiger charge is -2.06. The number of halogens is 1. The Labute approximate surface area is 128 Å². The third-order valence-corrected chi connectivity index (χ3v) is 4.13. The van der Waals surface area contributed by atoms with Gasteiger partial charge in [0, 0.05) is 12.3 Å². The zero-order valence-electron chi connectivity index (χ0n) is 11.4. The fourth-order valence-electron chi connectivity index (χ4n) is 1.82. The molecule has 1 heterocycles. The summed E-state index contributed by atoms with van der Waals surface area (Å²) in [5, 5.41) is 3.45. The Morgan fingerprint density at radius 2 is 2.30 bits per heavy atom. The van der Waals surface area contributed by atoms with Gasteiger partial charge >= 0.3 is 0 Å². The van der Waals surface area contributed by atoms with Gasteiger partial charge in [-0.25, -0.2) is 0 Å². The zero-order valence-corrected chi connectivity index (χ0v) is 13.0. The molecule has 4 nitrogen and oxygen atoms in total. The Morgan fingerprint density at radius 1 is 1.45 bits per heavy atom. The third kappa shape index (κ3) is 4.21. The predicted octanol–water partition coefficient (Wildman–Crippen LogP) is 3.22. The smallest absolute Gasteiger partial charge is 0.231 e. The standard InChI is InChI=1S/C14H18ClNO3S/c1-2-3-4-16-13(17)8-20-7-10-5-11(15)14-12(6-10)18-9-19-14/h5-6H,2-4,7-9H2,1H3,(H,16,17). The molecule has 1 amide bonds. The highest BCUT2D eigenvalue weighted by molar-refractivity contribution is 7.99. The summed E-state index contributed by atoms with van der Waals surface area (Å²) < 4.78 is 10.6. The highest BCUT2D eigenvalue weighted by Crippen LogP contribution is 2.40. The van der Waals surface area contributed by atoms with E-state index in [2.05, 4.69) is 12.2 Å². The van der Waals surface area contributed by atoms with E-state index in [1.54, 1.807) is 11.8 Å². The lowest BCUT2D eigenvalue weighted by molar-refractivity contribution is -0.118. The highest BCUT2D eigenvalue weighted by atomic mass is 35.5. The van der Waals surface area contributed by atoms with E-state index in [0.717, 1.165) is 30.7 Å². The Morgan fingerprint density at radius 3 is 3.10 bits per heavy atom. The molecular formula is C14H18ClNO3S. The Bertz CT molecular complexity index is 482. The molecule has 0 aliphatic carbocycles. The van der Waals surface area contributed by atoms with Crippen molar-refractivity contribution >= 4 is 29.3 Å². The second kappa shape index (κ2) is 7.64. The molecule has 2 rings (SSSR count). The molecule has 1 aromatic rings. The number of hydrogen-bond acceptors (Lipinski definition) is 4. The second-order valence-corrected chi connectivity index (χ2v) is 5.90. The molecule has 1 aromatic carbocycles. The topological polar surface area (TPSA) is 47.6 Å². The molecule has 0 fully saturated rings. The number of unbranched alkanes of at least 4 members (excludes halogenated alkanes) is 1. The van der Waals surface area contributed by atoms with Crippen LogP contribution in [0, 0.1) is 0 Å². The van der Waals surface area contributed by atoms with Gasteiger partial charge in [-0.05, 0) is 24.1 Å². The van der Waals surface area contributed by atoms with Gasteiger partial charge in [0.2, 0.25) is 12.7 Å². The van der Waals surface area contributed by atoms with Gasteiger partial charge in [-0.1, -0.05) is 24.9 Å². The number of hydrogen-bond donors (Lipinski definition) is 1. The fourth-order valence-corrected chi connectivity index (χ4v) is 2.90. The highest BCUT2D eigenvalue weighted by Gasteiger charge is 2.18. The molecule has 6 heteroatoms. The molecule has 0 atom stereocenters. The first-order valence-electron chi connectivity index (χ1n) is 6.63. The maximum Gasteiger partial charge on any atom is 0.231 e. The normalized spacial score (nSPS) is 12.5. The predicted molar refractivity (Wildman–Crippen MR) is 81.7 cm³/mol. The third-order valence-electron chi connectivity index (χ3n) is 2.84. The van der Waals surface area contributed by atoms with Crippen LogP contribution in [0.5, 0.6) is 11.5 Å². The average Bonchev–Trinajstić information content (AvgIpc) is 2.88. The van der Waals surface area contributed by atoms with Gasteiger partial charge in [0.1, 0.15) is 0 Å². The zero-order chi connectivity index (χ0) is 14.4. The van der Waals surface area contributed by atoms with Crippen LogP contribution >= 0.6 is 23.4 Å². The van der Waals surface area contributed by atoms with Crippen molar-refractivity contribution in [1.29, 1.82) is 0 Å².